The number of ether oxygens (including phenoxy) is 2. The fourth-order valence-corrected chi connectivity index (χ4v) is 4.27. The van der Waals surface area contributed by atoms with Crippen LogP contribution in [-0.2, 0) is 4.74 Å². The molecule has 0 amide bonds. The summed E-state index contributed by atoms with van der Waals surface area (Å²) in [6.45, 7) is 0.847. The van der Waals surface area contributed by atoms with Gasteiger partial charge >= 0.3 is 5.97 Å². The fourth-order valence-electron chi connectivity index (χ4n) is 4.27. The number of carbonyl (C=O) groups excluding carboxylic acids is 1. The van der Waals surface area contributed by atoms with Crippen LogP contribution in [0, 0.1) is 0 Å². The molecule has 1 atom stereocenters. The standard InChI is InChI=1S/C24H31NO3/c1-25(2)18-22(19-10-6-4-7-11-19)24(16-8-5-9-17-24)28-23(26)20-12-14-21(27-3)15-13-20/h4,6-7,10-15,22H,5,8-9,16-18H2,1-3H3. The van der Waals surface area contributed by atoms with Crippen LogP contribution < -0.4 is 4.74 Å². The molecule has 0 N–H and O–H groups in total. The van der Waals surface area contributed by atoms with Crippen LogP contribution in [0.5, 0.6) is 5.75 Å². The van der Waals surface area contributed by atoms with Gasteiger partial charge in [-0.25, -0.2) is 4.79 Å². The van der Waals surface area contributed by atoms with E-state index < -0.39 is 5.60 Å². The topological polar surface area (TPSA) is 38.8 Å². The van der Waals surface area contributed by atoms with E-state index in [-0.39, 0.29) is 11.9 Å². The molecule has 3 rings (SSSR count). The first-order valence-corrected chi connectivity index (χ1v) is 10.1. The lowest BCUT2D eigenvalue weighted by Gasteiger charge is -2.44. The summed E-state index contributed by atoms with van der Waals surface area (Å²) < 4.78 is 11.6. The molecule has 2 aromatic carbocycles. The SMILES string of the molecule is COc1ccc(C(=O)OC2(C(CN(C)C)c3ccccc3)CCCCC2)cc1. The quantitative estimate of drug-likeness (QED) is 0.640. The molecule has 1 unspecified atom stereocenters. The minimum atomic E-state index is -0.471. The molecule has 1 aliphatic rings. The van der Waals surface area contributed by atoms with Gasteiger partial charge < -0.3 is 14.4 Å². The van der Waals surface area contributed by atoms with Gasteiger partial charge in [-0.3, -0.25) is 0 Å². The summed E-state index contributed by atoms with van der Waals surface area (Å²) in [6.07, 6.45) is 5.19. The molecule has 150 valence electrons. The lowest BCUT2D eigenvalue weighted by atomic mass is 9.72. The number of benzene rings is 2. The van der Waals surface area contributed by atoms with Crippen molar-refractivity contribution in [3.63, 3.8) is 0 Å². The number of rotatable bonds is 7. The van der Waals surface area contributed by atoms with Crippen LogP contribution in [0.3, 0.4) is 0 Å². The summed E-state index contributed by atoms with van der Waals surface area (Å²) in [6, 6.07) is 17.7. The third kappa shape index (κ3) is 4.74. The van der Waals surface area contributed by atoms with Crippen LogP contribution in [0.15, 0.2) is 54.6 Å². The van der Waals surface area contributed by atoms with E-state index in [1.807, 2.05) is 6.07 Å². The van der Waals surface area contributed by atoms with E-state index in [1.165, 1.54) is 12.0 Å². The van der Waals surface area contributed by atoms with Crippen molar-refractivity contribution in [2.45, 2.75) is 43.6 Å². The monoisotopic (exact) mass is 381 g/mol. The smallest absolute Gasteiger partial charge is 0.338 e. The average Bonchev–Trinajstić information content (AvgIpc) is 2.73. The molecule has 1 aliphatic carbocycles. The fraction of sp³-hybridized carbons (Fsp3) is 0.458. The van der Waals surface area contributed by atoms with Crippen molar-refractivity contribution in [3.05, 3.63) is 65.7 Å². The van der Waals surface area contributed by atoms with Crippen molar-refractivity contribution < 1.29 is 14.3 Å². The average molecular weight is 382 g/mol. The van der Waals surface area contributed by atoms with Crippen LogP contribution in [-0.4, -0.2) is 44.2 Å². The summed E-state index contributed by atoms with van der Waals surface area (Å²) >= 11 is 0. The second-order valence-electron chi connectivity index (χ2n) is 7.97. The second-order valence-corrected chi connectivity index (χ2v) is 7.97. The zero-order chi connectivity index (χ0) is 20.0. The highest BCUT2D eigenvalue weighted by atomic mass is 16.6. The first-order valence-electron chi connectivity index (χ1n) is 10.1. The highest BCUT2D eigenvalue weighted by molar-refractivity contribution is 5.89. The Hall–Kier alpha value is -2.33. The third-order valence-electron chi connectivity index (χ3n) is 5.71. The van der Waals surface area contributed by atoms with E-state index in [0.717, 1.165) is 38.0 Å². The molecule has 28 heavy (non-hydrogen) atoms. The van der Waals surface area contributed by atoms with Gasteiger partial charge in [0.2, 0.25) is 0 Å². The molecule has 4 heteroatoms. The molecule has 0 saturated heterocycles. The van der Waals surface area contributed by atoms with Crippen LogP contribution in [0.25, 0.3) is 0 Å². The molecule has 0 aliphatic heterocycles. The van der Waals surface area contributed by atoms with Gasteiger partial charge in [-0.2, -0.15) is 0 Å². The molecule has 0 aromatic heterocycles. The summed E-state index contributed by atoms with van der Waals surface area (Å²) in [5, 5.41) is 0. The maximum Gasteiger partial charge on any atom is 0.338 e. The summed E-state index contributed by atoms with van der Waals surface area (Å²) in [5.41, 5.74) is 1.34. The van der Waals surface area contributed by atoms with E-state index in [9.17, 15) is 4.79 Å². The van der Waals surface area contributed by atoms with E-state index in [2.05, 4.69) is 43.3 Å². The van der Waals surface area contributed by atoms with Crippen molar-refractivity contribution in [1.29, 1.82) is 0 Å². The number of likely N-dealkylation sites (N-methyl/N-ethyl adjacent to an activating group) is 1. The molecule has 0 radical (unpaired) electrons. The first kappa shape index (κ1) is 20.4. The number of hydrogen-bond donors (Lipinski definition) is 0. The lowest BCUT2D eigenvalue weighted by molar-refractivity contribution is -0.0575. The van der Waals surface area contributed by atoms with Gasteiger partial charge in [-0.15, -0.1) is 0 Å². The van der Waals surface area contributed by atoms with Crippen molar-refractivity contribution in [3.8, 4) is 5.75 Å². The van der Waals surface area contributed by atoms with Crippen molar-refractivity contribution in [1.82, 2.24) is 4.90 Å². The molecule has 0 bridgehead atoms. The summed E-state index contributed by atoms with van der Waals surface area (Å²) in [7, 11) is 5.78. The van der Waals surface area contributed by atoms with Crippen LogP contribution in [0.4, 0.5) is 0 Å². The Morgan fingerprint density at radius 3 is 2.21 bits per heavy atom. The van der Waals surface area contributed by atoms with Crippen molar-refractivity contribution >= 4 is 5.97 Å². The first-order chi connectivity index (χ1) is 13.5. The van der Waals surface area contributed by atoms with E-state index in [1.54, 1.807) is 31.4 Å². The van der Waals surface area contributed by atoms with Crippen LogP contribution in [0.1, 0.15) is 53.9 Å². The zero-order valence-electron chi connectivity index (χ0n) is 17.2. The van der Waals surface area contributed by atoms with E-state index in [0.29, 0.717) is 5.56 Å². The number of methoxy groups -OCH3 is 1. The van der Waals surface area contributed by atoms with Gasteiger partial charge in [0.1, 0.15) is 11.4 Å². The second kappa shape index (κ2) is 9.24. The van der Waals surface area contributed by atoms with Gasteiger partial charge in [0.15, 0.2) is 0 Å². The van der Waals surface area contributed by atoms with Gasteiger partial charge in [-0.1, -0.05) is 36.8 Å². The van der Waals surface area contributed by atoms with Crippen LogP contribution in [0.2, 0.25) is 0 Å². The Morgan fingerprint density at radius 2 is 1.64 bits per heavy atom. The number of carbonyl (C=O) groups is 1. The molecular weight excluding hydrogens is 350 g/mol. The predicted octanol–water partition coefficient (Wildman–Crippen LogP) is 4.90. The maximum absolute atomic E-state index is 13.1. The lowest BCUT2D eigenvalue weighted by Crippen LogP contribution is -2.46. The largest absolute Gasteiger partial charge is 0.497 e. The van der Waals surface area contributed by atoms with Gasteiger partial charge in [-0.05, 0) is 69.6 Å². The van der Waals surface area contributed by atoms with Gasteiger partial charge in [0, 0.05) is 12.5 Å². The minimum Gasteiger partial charge on any atom is -0.497 e. The normalized spacial score (nSPS) is 17.1. The number of esters is 1. The molecule has 2 aromatic rings. The van der Waals surface area contributed by atoms with Crippen molar-refractivity contribution in [2.75, 3.05) is 27.7 Å². The zero-order valence-corrected chi connectivity index (χ0v) is 17.2. The summed E-state index contributed by atoms with van der Waals surface area (Å²) in [4.78, 5) is 15.3. The molecule has 0 spiro atoms. The third-order valence-corrected chi connectivity index (χ3v) is 5.71. The predicted molar refractivity (Wildman–Crippen MR) is 112 cm³/mol. The number of nitrogens with zero attached hydrogens (tertiary/aromatic N) is 1. The highest BCUT2D eigenvalue weighted by Gasteiger charge is 2.44. The van der Waals surface area contributed by atoms with Gasteiger partial charge in [0.25, 0.3) is 0 Å². The Morgan fingerprint density at radius 1 is 1.00 bits per heavy atom. The van der Waals surface area contributed by atoms with E-state index >= 15 is 0 Å². The Bertz CT molecular complexity index is 749. The molecule has 4 nitrogen and oxygen atoms in total. The maximum atomic E-state index is 13.1. The Labute approximate surface area is 168 Å². The minimum absolute atomic E-state index is 0.145. The van der Waals surface area contributed by atoms with E-state index in [4.69, 9.17) is 9.47 Å². The van der Waals surface area contributed by atoms with Crippen molar-refractivity contribution in [2.24, 2.45) is 0 Å². The highest BCUT2D eigenvalue weighted by Crippen LogP contribution is 2.43. The van der Waals surface area contributed by atoms with Crippen LogP contribution >= 0.6 is 0 Å². The molecule has 0 heterocycles. The molecule has 1 fully saturated rings. The Kier molecular flexibility index (Phi) is 6.74. The molecule has 1 saturated carbocycles. The molecular formula is C24H31NO3. The number of hydrogen-bond acceptors (Lipinski definition) is 4. The summed E-state index contributed by atoms with van der Waals surface area (Å²) in [5.74, 6) is 0.633. The van der Waals surface area contributed by atoms with Gasteiger partial charge in [0.05, 0.1) is 12.7 Å². The Balaban J connectivity index is 1.92.